The molecule has 2 rings (SSSR count). The van der Waals surface area contributed by atoms with Crippen LogP contribution < -0.4 is 15.2 Å². The van der Waals surface area contributed by atoms with Crippen molar-refractivity contribution in [2.24, 2.45) is 5.73 Å². The van der Waals surface area contributed by atoms with Gasteiger partial charge in [0.05, 0.1) is 7.11 Å². The lowest BCUT2D eigenvalue weighted by molar-refractivity contribution is 0.204. The zero-order chi connectivity index (χ0) is 14.4. The lowest BCUT2D eigenvalue weighted by atomic mass is 10.1. The van der Waals surface area contributed by atoms with Gasteiger partial charge in [0.2, 0.25) is 0 Å². The number of aromatic nitrogens is 1. The number of benzene rings is 1. The number of hydrogen-bond donors (Lipinski definition) is 1. The minimum Gasteiger partial charge on any atom is -0.493 e. The van der Waals surface area contributed by atoms with Gasteiger partial charge in [-0.25, -0.2) is 0 Å². The van der Waals surface area contributed by atoms with Crippen LogP contribution in [0.5, 0.6) is 11.5 Å². The molecular weight excluding hydrogens is 252 g/mol. The standard InChI is InChI=1S/C16H20N2O2/c1-3-12-4-5-14(15(10-12)19-2)20-16(11-17)13-6-8-18-9-7-13/h4-10,16H,3,11,17H2,1-2H3. The van der Waals surface area contributed by atoms with Crippen molar-refractivity contribution in [3.8, 4) is 11.5 Å². The molecule has 0 saturated heterocycles. The van der Waals surface area contributed by atoms with Crippen LogP contribution in [0.15, 0.2) is 42.7 Å². The summed E-state index contributed by atoms with van der Waals surface area (Å²) in [5, 5.41) is 0. The van der Waals surface area contributed by atoms with Crippen LogP contribution in [0.25, 0.3) is 0 Å². The molecule has 4 nitrogen and oxygen atoms in total. The molecule has 0 bridgehead atoms. The highest BCUT2D eigenvalue weighted by Gasteiger charge is 2.14. The second-order valence-corrected chi connectivity index (χ2v) is 4.46. The van der Waals surface area contributed by atoms with Gasteiger partial charge in [0, 0.05) is 18.9 Å². The fourth-order valence-corrected chi connectivity index (χ4v) is 2.01. The number of aryl methyl sites for hydroxylation is 1. The van der Waals surface area contributed by atoms with E-state index in [2.05, 4.69) is 11.9 Å². The van der Waals surface area contributed by atoms with Crippen LogP contribution in [-0.2, 0) is 6.42 Å². The van der Waals surface area contributed by atoms with E-state index in [1.54, 1.807) is 19.5 Å². The first kappa shape index (κ1) is 14.3. The van der Waals surface area contributed by atoms with E-state index in [0.29, 0.717) is 12.3 Å². The summed E-state index contributed by atoms with van der Waals surface area (Å²) in [6.45, 7) is 2.50. The number of hydrogen-bond acceptors (Lipinski definition) is 4. The third kappa shape index (κ3) is 3.27. The van der Waals surface area contributed by atoms with E-state index >= 15 is 0 Å². The highest BCUT2D eigenvalue weighted by atomic mass is 16.5. The van der Waals surface area contributed by atoms with Gasteiger partial charge in [-0.2, -0.15) is 0 Å². The maximum atomic E-state index is 5.99. The summed E-state index contributed by atoms with van der Waals surface area (Å²) in [5.74, 6) is 1.44. The van der Waals surface area contributed by atoms with Gasteiger partial charge in [0.25, 0.3) is 0 Å². The largest absolute Gasteiger partial charge is 0.493 e. The number of nitrogens with two attached hydrogens (primary N) is 1. The zero-order valence-corrected chi connectivity index (χ0v) is 11.9. The van der Waals surface area contributed by atoms with Gasteiger partial charge in [-0.05, 0) is 41.8 Å². The number of methoxy groups -OCH3 is 1. The average Bonchev–Trinajstić information content (AvgIpc) is 2.53. The summed E-state index contributed by atoms with van der Waals surface area (Å²) >= 11 is 0. The van der Waals surface area contributed by atoms with Crippen molar-refractivity contribution in [1.29, 1.82) is 0 Å². The van der Waals surface area contributed by atoms with Crippen molar-refractivity contribution in [3.63, 3.8) is 0 Å². The molecule has 1 unspecified atom stereocenters. The molecule has 1 aromatic heterocycles. The smallest absolute Gasteiger partial charge is 0.162 e. The number of pyridine rings is 1. The van der Waals surface area contributed by atoms with E-state index in [0.717, 1.165) is 17.7 Å². The van der Waals surface area contributed by atoms with Gasteiger partial charge in [-0.15, -0.1) is 0 Å². The van der Waals surface area contributed by atoms with Crippen LogP contribution in [0.1, 0.15) is 24.2 Å². The summed E-state index contributed by atoms with van der Waals surface area (Å²) in [7, 11) is 1.64. The number of ether oxygens (including phenoxy) is 2. The average molecular weight is 272 g/mol. The first-order chi connectivity index (χ1) is 9.78. The van der Waals surface area contributed by atoms with Crippen LogP contribution in [0, 0.1) is 0 Å². The minimum absolute atomic E-state index is 0.209. The molecule has 1 aromatic carbocycles. The Balaban J connectivity index is 2.23. The molecule has 106 valence electrons. The van der Waals surface area contributed by atoms with Crippen molar-refractivity contribution < 1.29 is 9.47 Å². The third-order valence-corrected chi connectivity index (χ3v) is 3.20. The van der Waals surface area contributed by atoms with Crippen molar-refractivity contribution in [2.75, 3.05) is 13.7 Å². The van der Waals surface area contributed by atoms with E-state index in [9.17, 15) is 0 Å². The molecule has 0 aliphatic heterocycles. The Morgan fingerprint density at radius 2 is 1.90 bits per heavy atom. The van der Waals surface area contributed by atoms with Crippen LogP contribution in [0.2, 0.25) is 0 Å². The highest BCUT2D eigenvalue weighted by Crippen LogP contribution is 2.31. The Labute approximate surface area is 119 Å². The number of nitrogens with zero attached hydrogens (tertiary/aromatic N) is 1. The Kier molecular flexibility index (Phi) is 4.96. The SMILES string of the molecule is CCc1ccc(OC(CN)c2ccncc2)c(OC)c1. The van der Waals surface area contributed by atoms with Gasteiger partial charge in [0.1, 0.15) is 6.10 Å². The second-order valence-electron chi connectivity index (χ2n) is 4.46. The van der Waals surface area contributed by atoms with Gasteiger partial charge in [0.15, 0.2) is 11.5 Å². The number of rotatable bonds is 6. The molecule has 0 fully saturated rings. The van der Waals surface area contributed by atoms with Gasteiger partial charge >= 0.3 is 0 Å². The summed E-state index contributed by atoms with van der Waals surface area (Å²) in [6.07, 6.45) is 4.22. The Morgan fingerprint density at radius 3 is 2.50 bits per heavy atom. The molecule has 0 aliphatic carbocycles. The highest BCUT2D eigenvalue weighted by molar-refractivity contribution is 5.43. The van der Waals surface area contributed by atoms with E-state index in [4.69, 9.17) is 15.2 Å². The molecule has 2 N–H and O–H groups in total. The molecule has 0 spiro atoms. The van der Waals surface area contributed by atoms with Crippen LogP contribution in [0.3, 0.4) is 0 Å². The van der Waals surface area contributed by atoms with E-state index in [1.807, 2.05) is 30.3 Å². The van der Waals surface area contributed by atoms with E-state index in [-0.39, 0.29) is 6.10 Å². The predicted molar refractivity (Wildman–Crippen MR) is 79.0 cm³/mol. The predicted octanol–water partition coefficient (Wildman–Crippen LogP) is 2.73. The molecule has 0 saturated carbocycles. The third-order valence-electron chi connectivity index (χ3n) is 3.20. The second kappa shape index (κ2) is 6.91. The topological polar surface area (TPSA) is 57.4 Å². The lowest BCUT2D eigenvalue weighted by Crippen LogP contribution is -2.18. The van der Waals surface area contributed by atoms with Crippen LogP contribution >= 0.6 is 0 Å². The lowest BCUT2D eigenvalue weighted by Gasteiger charge is -2.19. The Morgan fingerprint density at radius 1 is 1.15 bits per heavy atom. The summed E-state index contributed by atoms with van der Waals surface area (Å²) in [4.78, 5) is 4.00. The summed E-state index contributed by atoms with van der Waals surface area (Å²) in [5.41, 5.74) is 8.03. The minimum atomic E-state index is -0.209. The van der Waals surface area contributed by atoms with Gasteiger partial charge < -0.3 is 15.2 Å². The zero-order valence-electron chi connectivity index (χ0n) is 11.9. The van der Waals surface area contributed by atoms with Crippen LogP contribution in [0.4, 0.5) is 0 Å². The normalized spacial score (nSPS) is 11.9. The maximum absolute atomic E-state index is 5.99. The molecule has 0 aliphatic rings. The van der Waals surface area contributed by atoms with E-state index in [1.165, 1.54) is 5.56 Å². The van der Waals surface area contributed by atoms with Gasteiger partial charge in [-0.3, -0.25) is 4.98 Å². The molecule has 4 heteroatoms. The van der Waals surface area contributed by atoms with E-state index < -0.39 is 0 Å². The molecule has 1 atom stereocenters. The van der Waals surface area contributed by atoms with Crippen molar-refractivity contribution in [2.45, 2.75) is 19.4 Å². The van der Waals surface area contributed by atoms with Crippen molar-refractivity contribution >= 4 is 0 Å². The van der Waals surface area contributed by atoms with Crippen molar-refractivity contribution in [3.05, 3.63) is 53.9 Å². The summed E-state index contributed by atoms with van der Waals surface area (Å²) < 4.78 is 11.4. The molecular formula is C16H20N2O2. The Bertz CT molecular complexity index is 543. The summed E-state index contributed by atoms with van der Waals surface area (Å²) in [6, 6.07) is 9.78. The fourth-order valence-electron chi connectivity index (χ4n) is 2.01. The fraction of sp³-hybridized carbons (Fsp3) is 0.312. The van der Waals surface area contributed by atoms with Crippen LogP contribution in [-0.4, -0.2) is 18.6 Å². The first-order valence-corrected chi connectivity index (χ1v) is 6.72. The first-order valence-electron chi connectivity index (χ1n) is 6.72. The Hall–Kier alpha value is -2.07. The molecule has 0 radical (unpaired) electrons. The monoisotopic (exact) mass is 272 g/mol. The molecule has 2 aromatic rings. The molecule has 1 heterocycles. The molecule has 0 amide bonds. The van der Waals surface area contributed by atoms with Gasteiger partial charge in [-0.1, -0.05) is 13.0 Å². The maximum Gasteiger partial charge on any atom is 0.162 e. The van der Waals surface area contributed by atoms with Crippen molar-refractivity contribution in [1.82, 2.24) is 4.98 Å². The molecule has 20 heavy (non-hydrogen) atoms. The quantitative estimate of drug-likeness (QED) is 0.878.